The molecule has 1 nitrogen and oxygen atoms in total. The molecular formula is C52H57N. The number of nitrogens with zero attached hydrogens (tertiary/aromatic N) is 1. The summed E-state index contributed by atoms with van der Waals surface area (Å²) in [5.41, 5.74) is 17.5. The minimum absolute atomic E-state index is 0.102. The summed E-state index contributed by atoms with van der Waals surface area (Å²) in [6.07, 6.45) is 9.49. The SMILES string of the molecule is CC(C)(C)c1ccc(-c2cc3c(cc2N(c2ccccc2)c2ccc4c(c2)C(C)(C)CCC4(C)C)-c2ccccc2C32C3CC4CC(C3)CC2C4)cc1. The molecule has 0 aromatic heterocycles. The minimum atomic E-state index is 0.102. The Hall–Kier alpha value is -4.10. The molecule has 5 aromatic carbocycles. The summed E-state index contributed by atoms with van der Waals surface area (Å²) in [7, 11) is 0. The average molecular weight is 696 g/mol. The Morgan fingerprint density at radius 1 is 0.509 bits per heavy atom. The van der Waals surface area contributed by atoms with Crippen LogP contribution in [0.5, 0.6) is 0 Å². The van der Waals surface area contributed by atoms with E-state index in [2.05, 4.69) is 163 Å². The molecule has 0 saturated heterocycles. The summed E-state index contributed by atoms with van der Waals surface area (Å²) < 4.78 is 0. The number of para-hydroxylation sites is 1. The van der Waals surface area contributed by atoms with Gasteiger partial charge in [-0.25, -0.2) is 0 Å². The highest BCUT2D eigenvalue weighted by atomic mass is 15.1. The third-order valence-electron chi connectivity index (χ3n) is 15.1. The molecule has 4 saturated carbocycles. The van der Waals surface area contributed by atoms with E-state index in [-0.39, 0.29) is 21.7 Å². The van der Waals surface area contributed by atoms with Gasteiger partial charge in [0.15, 0.2) is 0 Å². The highest BCUT2D eigenvalue weighted by Crippen LogP contribution is 2.70. The quantitative estimate of drug-likeness (QED) is 0.181. The number of rotatable bonds is 4. The van der Waals surface area contributed by atoms with Gasteiger partial charge < -0.3 is 4.90 Å². The number of fused-ring (bicyclic) bond motifs is 4. The molecule has 0 radical (unpaired) electrons. The fraction of sp³-hybridized carbons (Fsp3) is 0.423. The molecular weight excluding hydrogens is 639 g/mol. The van der Waals surface area contributed by atoms with E-state index in [1.807, 2.05) is 0 Å². The fourth-order valence-electron chi connectivity index (χ4n) is 12.5. The first-order valence-electron chi connectivity index (χ1n) is 20.7. The van der Waals surface area contributed by atoms with Crippen LogP contribution >= 0.6 is 0 Å². The molecule has 0 N–H and O–H groups in total. The van der Waals surface area contributed by atoms with E-state index in [1.54, 1.807) is 11.1 Å². The lowest BCUT2D eigenvalue weighted by Gasteiger charge is -2.61. The molecule has 6 aliphatic rings. The summed E-state index contributed by atoms with van der Waals surface area (Å²) >= 11 is 0. The van der Waals surface area contributed by atoms with E-state index in [1.165, 1.54) is 101 Å². The Morgan fingerprint density at radius 3 is 1.79 bits per heavy atom. The summed E-state index contributed by atoms with van der Waals surface area (Å²) in [4.78, 5) is 2.59. The maximum atomic E-state index is 2.71. The molecule has 270 valence electrons. The van der Waals surface area contributed by atoms with Crippen LogP contribution in [0.15, 0.2) is 109 Å². The second-order valence-corrected chi connectivity index (χ2v) is 20.1. The molecule has 6 aliphatic carbocycles. The van der Waals surface area contributed by atoms with Crippen LogP contribution in [-0.2, 0) is 21.7 Å². The number of hydrogen-bond donors (Lipinski definition) is 0. The lowest BCUT2D eigenvalue weighted by molar-refractivity contribution is -0.0399. The molecule has 0 amide bonds. The van der Waals surface area contributed by atoms with E-state index >= 15 is 0 Å². The van der Waals surface area contributed by atoms with Gasteiger partial charge in [0.25, 0.3) is 0 Å². The van der Waals surface area contributed by atoms with Crippen molar-refractivity contribution in [2.75, 3.05) is 4.90 Å². The van der Waals surface area contributed by atoms with Crippen molar-refractivity contribution < 1.29 is 0 Å². The van der Waals surface area contributed by atoms with Crippen LogP contribution < -0.4 is 4.90 Å². The van der Waals surface area contributed by atoms with Gasteiger partial charge in [0.1, 0.15) is 0 Å². The van der Waals surface area contributed by atoms with Gasteiger partial charge in [0, 0.05) is 22.4 Å². The molecule has 11 rings (SSSR count). The topological polar surface area (TPSA) is 3.24 Å². The van der Waals surface area contributed by atoms with Gasteiger partial charge in [-0.2, -0.15) is 0 Å². The molecule has 4 fully saturated rings. The zero-order chi connectivity index (χ0) is 36.5. The van der Waals surface area contributed by atoms with Crippen LogP contribution in [0.25, 0.3) is 22.3 Å². The highest BCUT2D eigenvalue weighted by Gasteiger charge is 2.61. The Morgan fingerprint density at radius 2 is 1.13 bits per heavy atom. The lowest BCUT2D eigenvalue weighted by atomic mass is 9.43. The maximum Gasteiger partial charge on any atom is 0.0546 e. The van der Waals surface area contributed by atoms with Crippen LogP contribution in [0, 0.1) is 23.7 Å². The zero-order valence-corrected chi connectivity index (χ0v) is 33.1. The standard InChI is InChI=1S/C52H57N/c1-49(2,3)36-19-17-35(18-20-36)42-31-46-43(41-15-11-12-16-44(41)52(46)37-26-33-25-34(28-37)29-38(52)27-33)32-48(42)53(39-13-9-8-10-14-39)40-21-22-45-47(30-40)51(6,7)24-23-50(45,4)5/h8-22,30-34,37-38H,23-29H2,1-7H3. The van der Waals surface area contributed by atoms with Gasteiger partial charge in [-0.05, 0) is 166 Å². The smallest absolute Gasteiger partial charge is 0.0546 e. The predicted molar refractivity (Wildman–Crippen MR) is 224 cm³/mol. The van der Waals surface area contributed by atoms with Crippen LogP contribution in [0.4, 0.5) is 17.1 Å². The Balaban J connectivity index is 1.26. The first-order valence-corrected chi connectivity index (χ1v) is 20.7. The van der Waals surface area contributed by atoms with E-state index < -0.39 is 0 Å². The molecule has 5 aromatic rings. The summed E-state index contributed by atoms with van der Waals surface area (Å²) in [6, 6.07) is 43.1. The average Bonchev–Trinajstić information content (AvgIpc) is 3.42. The van der Waals surface area contributed by atoms with Crippen LogP contribution in [0.3, 0.4) is 0 Å². The van der Waals surface area contributed by atoms with Crippen molar-refractivity contribution in [3.05, 3.63) is 137 Å². The second kappa shape index (κ2) is 11.5. The number of benzene rings is 5. The lowest BCUT2D eigenvalue weighted by Crippen LogP contribution is -2.55. The molecule has 53 heavy (non-hydrogen) atoms. The van der Waals surface area contributed by atoms with Crippen molar-refractivity contribution >= 4 is 17.1 Å². The predicted octanol–water partition coefficient (Wildman–Crippen LogP) is 14.2. The molecule has 1 heteroatoms. The molecule has 4 bridgehead atoms. The third kappa shape index (κ3) is 4.94. The van der Waals surface area contributed by atoms with Gasteiger partial charge in [-0.1, -0.05) is 121 Å². The van der Waals surface area contributed by atoms with Crippen LogP contribution in [0.2, 0.25) is 0 Å². The van der Waals surface area contributed by atoms with Crippen molar-refractivity contribution in [3.63, 3.8) is 0 Å². The Labute approximate surface area is 318 Å². The first kappa shape index (κ1) is 33.5. The van der Waals surface area contributed by atoms with Crippen LogP contribution in [-0.4, -0.2) is 0 Å². The van der Waals surface area contributed by atoms with Crippen molar-refractivity contribution in [2.24, 2.45) is 23.7 Å². The minimum Gasteiger partial charge on any atom is -0.310 e. The molecule has 0 unspecified atom stereocenters. The molecule has 0 aliphatic heterocycles. The summed E-state index contributed by atoms with van der Waals surface area (Å²) in [5, 5.41) is 0. The van der Waals surface area contributed by atoms with Gasteiger partial charge in [0.05, 0.1) is 5.69 Å². The molecule has 1 spiro atoms. The molecule has 0 atom stereocenters. The van der Waals surface area contributed by atoms with Crippen molar-refractivity contribution in [1.29, 1.82) is 0 Å². The Bertz CT molecular complexity index is 2200. The van der Waals surface area contributed by atoms with Gasteiger partial charge >= 0.3 is 0 Å². The fourth-order valence-corrected chi connectivity index (χ4v) is 12.5. The number of hydrogen-bond acceptors (Lipinski definition) is 1. The van der Waals surface area contributed by atoms with E-state index in [9.17, 15) is 0 Å². The van der Waals surface area contributed by atoms with E-state index in [0.717, 1.165) is 23.7 Å². The molecule has 0 heterocycles. The highest BCUT2D eigenvalue weighted by molar-refractivity contribution is 5.95. The summed E-state index contributed by atoms with van der Waals surface area (Å²) in [6.45, 7) is 16.8. The normalized spacial score (nSPS) is 27.0. The maximum absolute atomic E-state index is 2.71. The first-order chi connectivity index (χ1) is 25.3. The number of anilines is 3. The second-order valence-electron chi connectivity index (χ2n) is 20.1. The summed E-state index contributed by atoms with van der Waals surface area (Å²) in [5.74, 6) is 3.32. The van der Waals surface area contributed by atoms with Crippen molar-refractivity contribution in [3.8, 4) is 22.3 Å². The van der Waals surface area contributed by atoms with Crippen molar-refractivity contribution in [1.82, 2.24) is 0 Å². The van der Waals surface area contributed by atoms with Crippen LogP contribution in [0.1, 0.15) is 121 Å². The zero-order valence-electron chi connectivity index (χ0n) is 33.1. The third-order valence-corrected chi connectivity index (χ3v) is 15.1. The van der Waals surface area contributed by atoms with Gasteiger partial charge in [0.2, 0.25) is 0 Å². The van der Waals surface area contributed by atoms with Gasteiger partial charge in [-0.3, -0.25) is 0 Å². The van der Waals surface area contributed by atoms with Crippen molar-refractivity contribution in [2.45, 2.75) is 115 Å². The Kier molecular flexibility index (Phi) is 7.23. The van der Waals surface area contributed by atoms with E-state index in [4.69, 9.17) is 0 Å². The largest absolute Gasteiger partial charge is 0.310 e. The monoisotopic (exact) mass is 695 g/mol. The van der Waals surface area contributed by atoms with E-state index in [0.29, 0.717) is 0 Å². The van der Waals surface area contributed by atoms with Gasteiger partial charge in [-0.15, -0.1) is 0 Å².